The van der Waals surface area contributed by atoms with Crippen LogP contribution in [-0.4, -0.2) is 11.2 Å². The minimum Gasteiger partial charge on any atom is -0.389 e. The molecular formula is C11H17NO. The van der Waals surface area contributed by atoms with Gasteiger partial charge in [0.2, 0.25) is 0 Å². The van der Waals surface area contributed by atoms with Crippen molar-refractivity contribution in [3.05, 3.63) is 12.2 Å². The van der Waals surface area contributed by atoms with Gasteiger partial charge in [-0.1, -0.05) is 25.0 Å². The summed E-state index contributed by atoms with van der Waals surface area (Å²) in [6.07, 6.45) is 9.91. The van der Waals surface area contributed by atoms with E-state index < -0.39 is 0 Å². The fraction of sp³-hybridized carbons (Fsp3) is 0.727. The van der Waals surface area contributed by atoms with Crippen molar-refractivity contribution in [2.24, 2.45) is 5.92 Å². The normalized spacial score (nSPS) is 26.2. The Morgan fingerprint density at radius 2 is 2.15 bits per heavy atom. The average molecular weight is 179 g/mol. The van der Waals surface area contributed by atoms with Gasteiger partial charge < -0.3 is 5.11 Å². The highest BCUT2D eigenvalue weighted by molar-refractivity contribution is 5.02. The molecule has 13 heavy (non-hydrogen) atoms. The van der Waals surface area contributed by atoms with Crippen molar-refractivity contribution in [1.29, 1.82) is 5.26 Å². The van der Waals surface area contributed by atoms with E-state index in [-0.39, 0.29) is 6.10 Å². The smallest absolute Gasteiger partial charge is 0.0726 e. The van der Waals surface area contributed by atoms with Crippen LogP contribution in [0, 0.1) is 17.2 Å². The van der Waals surface area contributed by atoms with E-state index >= 15 is 0 Å². The number of hydrogen-bond donors (Lipinski definition) is 1. The molecule has 0 saturated carbocycles. The van der Waals surface area contributed by atoms with Gasteiger partial charge in [0.05, 0.1) is 12.2 Å². The highest BCUT2D eigenvalue weighted by Crippen LogP contribution is 2.23. The molecule has 0 bridgehead atoms. The number of aliphatic hydroxyl groups excluding tert-OH is 1. The molecule has 0 amide bonds. The molecule has 0 heterocycles. The largest absolute Gasteiger partial charge is 0.389 e. The minimum atomic E-state index is -0.205. The summed E-state index contributed by atoms with van der Waals surface area (Å²) in [7, 11) is 0. The van der Waals surface area contributed by atoms with E-state index in [0.717, 1.165) is 19.3 Å². The van der Waals surface area contributed by atoms with Gasteiger partial charge in [-0.05, 0) is 25.2 Å². The third-order valence-corrected chi connectivity index (χ3v) is 2.51. The molecular weight excluding hydrogens is 162 g/mol. The summed E-state index contributed by atoms with van der Waals surface area (Å²) in [5, 5.41) is 17.5. The SMILES string of the molecule is N#CCCCCCC1C=CC(O)C1. The molecule has 0 spiro atoms. The lowest BCUT2D eigenvalue weighted by molar-refractivity contribution is 0.207. The second kappa shape index (κ2) is 5.77. The summed E-state index contributed by atoms with van der Waals surface area (Å²) in [4.78, 5) is 0. The van der Waals surface area contributed by atoms with Crippen LogP contribution in [0.25, 0.3) is 0 Å². The fourth-order valence-corrected chi connectivity index (χ4v) is 1.75. The Labute approximate surface area is 79.9 Å². The lowest BCUT2D eigenvalue weighted by Crippen LogP contribution is -2.01. The Morgan fingerprint density at radius 3 is 2.77 bits per heavy atom. The molecule has 0 aromatic rings. The van der Waals surface area contributed by atoms with Gasteiger partial charge in [0.25, 0.3) is 0 Å². The van der Waals surface area contributed by atoms with Crippen LogP contribution < -0.4 is 0 Å². The Morgan fingerprint density at radius 1 is 1.31 bits per heavy atom. The summed E-state index contributed by atoms with van der Waals surface area (Å²) in [6.45, 7) is 0. The fourth-order valence-electron chi connectivity index (χ4n) is 1.75. The molecule has 2 unspecified atom stereocenters. The predicted octanol–water partition coefficient (Wildman–Crippen LogP) is 2.40. The monoisotopic (exact) mass is 179 g/mol. The van der Waals surface area contributed by atoms with Gasteiger partial charge in [0, 0.05) is 6.42 Å². The van der Waals surface area contributed by atoms with Gasteiger partial charge in [-0.25, -0.2) is 0 Å². The van der Waals surface area contributed by atoms with Crippen LogP contribution in [-0.2, 0) is 0 Å². The lowest BCUT2D eigenvalue weighted by Gasteiger charge is -2.07. The van der Waals surface area contributed by atoms with Crippen molar-refractivity contribution in [1.82, 2.24) is 0 Å². The van der Waals surface area contributed by atoms with E-state index in [1.54, 1.807) is 0 Å². The first-order valence-electron chi connectivity index (χ1n) is 5.06. The van der Waals surface area contributed by atoms with Crippen molar-refractivity contribution < 1.29 is 5.11 Å². The molecule has 1 aliphatic rings. The van der Waals surface area contributed by atoms with Crippen LogP contribution in [0.4, 0.5) is 0 Å². The number of allylic oxidation sites excluding steroid dienone is 1. The third kappa shape index (κ3) is 4.10. The van der Waals surface area contributed by atoms with Crippen LogP contribution in [0.3, 0.4) is 0 Å². The first-order valence-corrected chi connectivity index (χ1v) is 5.06. The van der Waals surface area contributed by atoms with E-state index in [9.17, 15) is 5.11 Å². The van der Waals surface area contributed by atoms with Crippen LogP contribution in [0.5, 0.6) is 0 Å². The van der Waals surface area contributed by atoms with Gasteiger partial charge in [0.15, 0.2) is 0 Å². The number of nitrogens with zero attached hydrogens (tertiary/aromatic N) is 1. The number of unbranched alkanes of at least 4 members (excludes halogenated alkanes) is 3. The van der Waals surface area contributed by atoms with E-state index in [2.05, 4.69) is 12.1 Å². The van der Waals surface area contributed by atoms with Gasteiger partial charge >= 0.3 is 0 Å². The maximum atomic E-state index is 9.21. The van der Waals surface area contributed by atoms with Crippen molar-refractivity contribution in [2.45, 2.75) is 44.6 Å². The molecule has 0 aliphatic heterocycles. The van der Waals surface area contributed by atoms with Crippen molar-refractivity contribution >= 4 is 0 Å². The molecule has 72 valence electrons. The summed E-state index contributed by atoms with van der Waals surface area (Å²) in [6, 6.07) is 2.15. The van der Waals surface area contributed by atoms with Gasteiger partial charge in [-0.2, -0.15) is 5.26 Å². The molecule has 1 rings (SSSR count). The van der Waals surface area contributed by atoms with Crippen LogP contribution in [0.2, 0.25) is 0 Å². The lowest BCUT2D eigenvalue weighted by atomic mass is 10.00. The molecule has 1 N–H and O–H groups in total. The molecule has 0 fully saturated rings. The third-order valence-electron chi connectivity index (χ3n) is 2.51. The van der Waals surface area contributed by atoms with Crippen molar-refractivity contribution in [3.8, 4) is 6.07 Å². The topological polar surface area (TPSA) is 44.0 Å². The number of rotatable bonds is 5. The minimum absolute atomic E-state index is 0.205. The molecule has 0 radical (unpaired) electrons. The molecule has 0 aromatic carbocycles. The molecule has 1 aliphatic carbocycles. The van der Waals surface area contributed by atoms with Gasteiger partial charge in [0.1, 0.15) is 0 Å². The van der Waals surface area contributed by atoms with Crippen LogP contribution in [0.1, 0.15) is 38.5 Å². The Kier molecular flexibility index (Phi) is 4.56. The maximum Gasteiger partial charge on any atom is 0.0726 e. The first-order chi connectivity index (χ1) is 6.33. The molecule has 2 nitrogen and oxygen atoms in total. The highest BCUT2D eigenvalue weighted by Gasteiger charge is 2.15. The van der Waals surface area contributed by atoms with Gasteiger partial charge in [-0.3, -0.25) is 0 Å². The first kappa shape index (κ1) is 10.3. The summed E-state index contributed by atoms with van der Waals surface area (Å²) < 4.78 is 0. The Hall–Kier alpha value is -0.810. The molecule has 2 heteroatoms. The average Bonchev–Trinajstić information content (AvgIpc) is 2.51. The van der Waals surface area contributed by atoms with Crippen LogP contribution in [0.15, 0.2) is 12.2 Å². The van der Waals surface area contributed by atoms with E-state index in [1.165, 1.54) is 12.8 Å². The maximum absolute atomic E-state index is 9.21. The van der Waals surface area contributed by atoms with Crippen molar-refractivity contribution in [2.75, 3.05) is 0 Å². The van der Waals surface area contributed by atoms with E-state index in [1.807, 2.05) is 6.08 Å². The second-order valence-electron chi connectivity index (χ2n) is 3.71. The van der Waals surface area contributed by atoms with E-state index in [4.69, 9.17) is 5.26 Å². The molecule has 0 saturated heterocycles. The summed E-state index contributed by atoms with van der Waals surface area (Å²) >= 11 is 0. The predicted molar refractivity (Wildman–Crippen MR) is 52.0 cm³/mol. The Bertz CT molecular complexity index is 205. The molecule has 2 atom stereocenters. The second-order valence-corrected chi connectivity index (χ2v) is 3.71. The standard InChI is InChI=1S/C11H17NO/c12-8-4-2-1-3-5-10-6-7-11(13)9-10/h6-7,10-11,13H,1-5,9H2. The van der Waals surface area contributed by atoms with E-state index in [0.29, 0.717) is 12.3 Å². The zero-order valence-electron chi connectivity index (χ0n) is 7.95. The number of nitriles is 1. The van der Waals surface area contributed by atoms with Crippen molar-refractivity contribution in [3.63, 3.8) is 0 Å². The highest BCUT2D eigenvalue weighted by atomic mass is 16.3. The zero-order valence-corrected chi connectivity index (χ0v) is 7.95. The summed E-state index contributed by atoms with van der Waals surface area (Å²) in [5.41, 5.74) is 0. The zero-order chi connectivity index (χ0) is 9.52. The van der Waals surface area contributed by atoms with Gasteiger partial charge in [-0.15, -0.1) is 0 Å². The number of aliphatic hydroxyl groups is 1. The summed E-state index contributed by atoms with van der Waals surface area (Å²) in [5.74, 6) is 0.581. The quantitative estimate of drug-likeness (QED) is 0.520. The van der Waals surface area contributed by atoms with Crippen LogP contribution >= 0.6 is 0 Å². The Balaban J connectivity index is 1.95. The molecule has 0 aromatic heterocycles. The number of hydrogen-bond acceptors (Lipinski definition) is 2.